The maximum absolute atomic E-state index is 4.98. The summed E-state index contributed by atoms with van der Waals surface area (Å²) in [5, 5.41) is 6.97. The molecule has 0 saturated carbocycles. The first-order valence-electron chi connectivity index (χ1n) is 2.83. The lowest BCUT2D eigenvalue weighted by Crippen LogP contribution is -2.16. The second-order valence-corrected chi connectivity index (χ2v) is 1.53. The minimum Gasteiger partial charge on any atom is -0.471 e. The zero-order valence-corrected chi connectivity index (χ0v) is 5.61. The maximum Gasteiger partial charge on any atom is 0.272 e. The van der Waals surface area contributed by atoms with E-state index in [1.807, 2.05) is 0 Å². The van der Waals surface area contributed by atoms with E-state index in [0.29, 0.717) is 19.1 Å². The van der Waals surface area contributed by atoms with Crippen LogP contribution >= 0.6 is 0 Å². The van der Waals surface area contributed by atoms with E-state index in [0.717, 1.165) is 0 Å². The van der Waals surface area contributed by atoms with Crippen molar-refractivity contribution in [3.05, 3.63) is 0 Å². The third kappa shape index (κ3) is 1.93. The SMILES string of the molecule is CON=CC1=NOCCO1. The normalized spacial score (nSPS) is 17.5. The molecule has 0 unspecified atom stereocenters. The Morgan fingerprint density at radius 1 is 1.70 bits per heavy atom. The first kappa shape index (κ1) is 6.85. The van der Waals surface area contributed by atoms with Crippen molar-refractivity contribution in [2.24, 2.45) is 10.3 Å². The van der Waals surface area contributed by atoms with Gasteiger partial charge in [-0.3, -0.25) is 0 Å². The Hall–Kier alpha value is -1.26. The van der Waals surface area contributed by atoms with Crippen LogP contribution in [0.5, 0.6) is 0 Å². The fourth-order valence-electron chi connectivity index (χ4n) is 0.478. The van der Waals surface area contributed by atoms with Gasteiger partial charge in [0.25, 0.3) is 5.90 Å². The third-order valence-electron chi connectivity index (χ3n) is 0.848. The molecular formula is C5H8N2O3. The molecule has 1 rings (SSSR count). The molecule has 1 aliphatic rings. The minimum absolute atomic E-state index is 0.341. The zero-order valence-electron chi connectivity index (χ0n) is 5.61. The van der Waals surface area contributed by atoms with Gasteiger partial charge in [-0.2, -0.15) is 0 Å². The van der Waals surface area contributed by atoms with Crippen molar-refractivity contribution in [2.75, 3.05) is 20.3 Å². The monoisotopic (exact) mass is 144 g/mol. The molecule has 0 aliphatic carbocycles. The standard InChI is InChI=1S/C5H8N2O3/c1-8-6-4-5-7-10-3-2-9-5/h4H,2-3H2,1H3. The van der Waals surface area contributed by atoms with Gasteiger partial charge in [0.1, 0.15) is 19.9 Å². The Morgan fingerprint density at radius 2 is 2.60 bits per heavy atom. The maximum atomic E-state index is 4.98. The van der Waals surface area contributed by atoms with Crippen LogP contribution in [0.3, 0.4) is 0 Å². The average Bonchev–Trinajstić information content (AvgIpc) is 2.03. The summed E-state index contributed by atoms with van der Waals surface area (Å²) in [6, 6.07) is 0. The molecule has 0 fully saturated rings. The van der Waals surface area contributed by atoms with Gasteiger partial charge >= 0.3 is 0 Å². The molecule has 1 aliphatic heterocycles. The predicted molar refractivity (Wildman–Crippen MR) is 34.8 cm³/mol. The molecule has 0 N–H and O–H groups in total. The van der Waals surface area contributed by atoms with Crippen LogP contribution < -0.4 is 0 Å². The number of hydrogen-bond donors (Lipinski definition) is 0. The van der Waals surface area contributed by atoms with Crippen molar-refractivity contribution in [1.29, 1.82) is 0 Å². The van der Waals surface area contributed by atoms with Crippen LogP contribution in [0, 0.1) is 0 Å². The summed E-state index contributed by atoms with van der Waals surface area (Å²) in [5.74, 6) is 0.341. The van der Waals surface area contributed by atoms with Crippen molar-refractivity contribution in [2.45, 2.75) is 0 Å². The highest BCUT2D eigenvalue weighted by molar-refractivity contribution is 6.26. The summed E-state index contributed by atoms with van der Waals surface area (Å²) in [4.78, 5) is 9.09. The zero-order chi connectivity index (χ0) is 7.23. The van der Waals surface area contributed by atoms with E-state index in [4.69, 9.17) is 9.57 Å². The molecule has 5 nitrogen and oxygen atoms in total. The molecule has 0 radical (unpaired) electrons. The molecule has 0 atom stereocenters. The number of rotatable bonds is 2. The van der Waals surface area contributed by atoms with Gasteiger partial charge in [-0.15, -0.1) is 0 Å². The molecular weight excluding hydrogens is 136 g/mol. The van der Waals surface area contributed by atoms with Crippen molar-refractivity contribution in [3.63, 3.8) is 0 Å². The van der Waals surface area contributed by atoms with Crippen LogP contribution in [-0.4, -0.2) is 32.4 Å². The van der Waals surface area contributed by atoms with Gasteiger partial charge in [-0.1, -0.05) is 5.16 Å². The molecule has 0 aromatic carbocycles. The Labute approximate surface area is 58.2 Å². The summed E-state index contributed by atoms with van der Waals surface area (Å²) < 4.78 is 4.98. The van der Waals surface area contributed by atoms with Crippen molar-refractivity contribution in [1.82, 2.24) is 0 Å². The second kappa shape index (κ2) is 3.71. The lowest BCUT2D eigenvalue weighted by molar-refractivity contribution is 0.0676. The first-order valence-corrected chi connectivity index (χ1v) is 2.83. The molecule has 0 bridgehead atoms. The van der Waals surface area contributed by atoms with Crippen LogP contribution in [0.25, 0.3) is 0 Å². The predicted octanol–water partition coefficient (Wildman–Crippen LogP) is -0.0211. The molecule has 0 saturated heterocycles. The van der Waals surface area contributed by atoms with E-state index in [1.165, 1.54) is 13.3 Å². The fourth-order valence-corrected chi connectivity index (χ4v) is 0.478. The van der Waals surface area contributed by atoms with Crippen molar-refractivity contribution < 1.29 is 14.4 Å². The van der Waals surface area contributed by atoms with E-state index in [9.17, 15) is 0 Å². The van der Waals surface area contributed by atoms with Crippen LogP contribution in [0.1, 0.15) is 0 Å². The lowest BCUT2D eigenvalue weighted by atomic mass is 10.7. The summed E-state index contributed by atoms with van der Waals surface area (Å²) in [7, 11) is 1.45. The summed E-state index contributed by atoms with van der Waals surface area (Å²) in [6.07, 6.45) is 1.35. The van der Waals surface area contributed by atoms with Crippen LogP contribution in [0.4, 0.5) is 0 Å². The van der Waals surface area contributed by atoms with Crippen LogP contribution in [0.2, 0.25) is 0 Å². The van der Waals surface area contributed by atoms with Crippen LogP contribution in [0.15, 0.2) is 10.3 Å². The molecule has 0 amide bonds. The summed E-state index contributed by atoms with van der Waals surface area (Å²) >= 11 is 0. The largest absolute Gasteiger partial charge is 0.471 e. The molecule has 0 spiro atoms. The van der Waals surface area contributed by atoms with Gasteiger partial charge in [0.15, 0.2) is 6.61 Å². The summed E-state index contributed by atoms with van der Waals surface area (Å²) in [5.41, 5.74) is 0. The van der Waals surface area contributed by atoms with Gasteiger partial charge in [0.05, 0.1) is 0 Å². The minimum atomic E-state index is 0.341. The second-order valence-electron chi connectivity index (χ2n) is 1.53. The Morgan fingerprint density at radius 3 is 3.20 bits per heavy atom. The first-order chi connectivity index (χ1) is 4.93. The van der Waals surface area contributed by atoms with E-state index >= 15 is 0 Å². The number of nitrogens with zero attached hydrogens (tertiary/aromatic N) is 2. The van der Waals surface area contributed by atoms with Gasteiger partial charge in [0.2, 0.25) is 0 Å². The fraction of sp³-hybridized carbons (Fsp3) is 0.600. The van der Waals surface area contributed by atoms with Crippen molar-refractivity contribution >= 4 is 12.1 Å². The molecule has 56 valence electrons. The summed E-state index contributed by atoms with van der Waals surface area (Å²) in [6.45, 7) is 0.999. The molecule has 0 aromatic heterocycles. The van der Waals surface area contributed by atoms with E-state index in [-0.39, 0.29) is 0 Å². The molecule has 10 heavy (non-hydrogen) atoms. The topological polar surface area (TPSA) is 52.4 Å². The van der Waals surface area contributed by atoms with Crippen LogP contribution in [-0.2, 0) is 14.4 Å². The van der Waals surface area contributed by atoms with Gasteiger partial charge in [-0.05, 0) is 5.16 Å². The lowest BCUT2D eigenvalue weighted by Gasteiger charge is -2.08. The van der Waals surface area contributed by atoms with Crippen molar-refractivity contribution in [3.8, 4) is 0 Å². The Kier molecular flexibility index (Phi) is 2.54. The number of ether oxygens (including phenoxy) is 1. The van der Waals surface area contributed by atoms with Gasteiger partial charge < -0.3 is 14.4 Å². The molecule has 5 heteroatoms. The Bertz CT molecular complexity index is 155. The van der Waals surface area contributed by atoms with E-state index in [2.05, 4.69) is 15.1 Å². The van der Waals surface area contributed by atoms with Gasteiger partial charge in [0, 0.05) is 0 Å². The highest BCUT2D eigenvalue weighted by Crippen LogP contribution is 1.90. The van der Waals surface area contributed by atoms with E-state index in [1.54, 1.807) is 0 Å². The average molecular weight is 144 g/mol. The number of oxime groups is 2. The molecule has 0 aromatic rings. The van der Waals surface area contributed by atoms with Gasteiger partial charge in [-0.25, -0.2) is 0 Å². The van der Waals surface area contributed by atoms with E-state index < -0.39 is 0 Å². The molecule has 1 heterocycles. The third-order valence-corrected chi connectivity index (χ3v) is 0.848. The smallest absolute Gasteiger partial charge is 0.272 e. The highest BCUT2D eigenvalue weighted by atomic mass is 16.7. The highest BCUT2D eigenvalue weighted by Gasteiger charge is 2.02. The number of hydrogen-bond acceptors (Lipinski definition) is 5. The Balaban J connectivity index is 2.38. The quantitative estimate of drug-likeness (QED) is 0.404.